The molecule has 2 aliphatic rings. The Morgan fingerprint density at radius 2 is 1.78 bits per heavy atom. The predicted molar refractivity (Wildman–Crippen MR) is 154 cm³/mol. The maximum atomic E-state index is 13.9. The van der Waals surface area contributed by atoms with E-state index in [4.69, 9.17) is 10.5 Å². The Morgan fingerprint density at radius 3 is 2.44 bits per heavy atom. The number of amides is 3. The van der Waals surface area contributed by atoms with Crippen LogP contribution in [0.1, 0.15) is 76.8 Å². The van der Waals surface area contributed by atoms with E-state index in [1.807, 2.05) is 30.3 Å². The molecule has 11 nitrogen and oxygen atoms in total. The zero-order chi connectivity index (χ0) is 29.6. The minimum atomic E-state index is -1.13. The Kier molecular flexibility index (Phi) is 9.80. The fourth-order valence-electron chi connectivity index (χ4n) is 5.73. The van der Waals surface area contributed by atoms with E-state index >= 15 is 0 Å². The Morgan fingerprint density at radius 1 is 1.07 bits per heavy atom. The predicted octanol–water partition coefficient (Wildman–Crippen LogP) is 2.77. The smallest absolute Gasteiger partial charge is 0.328 e. The molecule has 2 aromatic rings. The number of nitrogens with zero attached hydrogens (tertiary/aromatic N) is 3. The van der Waals surface area contributed by atoms with Crippen molar-refractivity contribution >= 4 is 29.5 Å². The normalized spacial score (nSPS) is 19.3. The van der Waals surface area contributed by atoms with Gasteiger partial charge in [0.2, 0.25) is 11.8 Å². The molecule has 3 unspecified atom stereocenters. The number of carbonyl (C=O) groups excluding carboxylic acids is 4. The zero-order valence-electron chi connectivity index (χ0n) is 24.2. The summed E-state index contributed by atoms with van der Waals surface area (Å²) in [6.45, 7) is 3.65. The summed E-state index contributed by atoms with van der Waals surface area (Å²) < 4.78 is 6.58. The second-order valence-electron chi connectivity index (χ2n) is 11.7. The van der Waals surface area contributed by atoms with Gasteiger partial charge >= 0.3 is 5.97 Å². The fourth-order valence-corrected chi connectivity index (χ4v) is 5.73. The lowest BCUT2D eigenvalue weighted by Gasteiger charge is -2.28. The van der Waals surface area contributed by atoms with Gasteiger partial charge < -0.3 is 30.6 Å². The Labute approximate surface area is 241 Å². The van der Waals surface area contributed by atoms with Gasteiger partial charge in [-0.3, -0.25) is 14.4 Å². The molecule has 1 aliphatic carbocycles. The lowest BCUT2D eigenvalue weighted by atomic mass is 9.84. The monoisotopic (exact) mass is 566 g/mol. The number of nitrogens with one attached hydrogen (secondary N) is 2. The Hall–Kier alpha value is -3.73. The van der Waals surface area contributed by atoms with Crippen LogP contribution in [0.25, 0.3) is 0 Å². The van der Waals surface area contributed by atoms with E-state index in [-0.39, 0.29) is 17.6 Å². The van der Waals surface area contributed by atoms with Gasteiger partial charge in [0.25, 0.3) is 5.91 Å². The average Bonchev–Trinajstić information content (AvgIpc) is 3.63. The molecule has 2 fully saturated rings. The van der Waals surface area contributed by atoms with E-state index in [9.17, 15) is 19.2 Å². The zero-order valence-corrected chi connectivity index (χ0v) is 24.2. The average molecular weight is 567 g/mol. The minimum absolute atomic E-state index is 0.254. The molecule has 222 valence electrons. The summed E-state index contributed by atoms with van der Waals surface area (Å²) in [5, 5.41) is 5.68. The topological polar surface area (TPSA) is 149 Å². The summed E-state index contributed by atoms with van der Waals surface area (Å²) in [5.74, 6) is -0.892. The van der Waals surface area contributed by atoms with Gasteiger partial charge in [-0.05, 0) is 44.6 Å². The van der Waals surface area contributed by atoms with Crippen LogP contribution < -0.4 is 16.4 Å². The maximum Gasteiger partial charge on any atom is 0.328 e. The molecule has 41 heavy (non-hydrogen) atoms. The second-order valence-corrected chi connectivity index (χ2v) is 11.7. The van der Waals surface area contributed by atoms with Gasteiger partial charge in [0, 0.05) is 12.7 Å². The van der Waals surface area contributed by atoms with E-state index in [1.54, 1.807) is 29.5 Å². The van der Waals surface area contributed by atoms with Gasteiger partial charge in [-0.2, -0.15) is 0 Å². The summed E-state index contributed by atoms with van der Waals surface area (Å²) in [5.41, 5.74) is 5.59. The molecule has 1 aromatic carbocycles. The summed E-state index contributed by atoms with van der Waals surface area (Å²) in [4.78, 5) is 58.3. The molecular weight excluding hydrogens is 524 g/mol. The molecule has 4 N–H and O–H groups in total. The number of nitrogens with two attached hydrogens (primary N) is 1. The molecular formula is C30H42N6O5. The summed E-state index contributed by atoms with van der Waals surface area (Å²) in [7, 11) is 1.32. The molecule has 1 saturated carbocycles. The number of hydrogen-bond acceptors (Lipinski definition) is 7. The van der Waals surface area contributed by atoms with Crippen molar-refractivity contribution in [3.8, 4) is 0 Å². The first-order valence-electron chi connectivity index (χ1n) is 14.5. The highest BCUT2D eigenvalue weighted by atomic mass is 16.5. The van der Waals surface area contributed by atoms with E-state index in [0.29, 0.717) is 31.7 Å². The first kappa shape index (κ1) is 30.2. The third-order valence-electron chi connectivity index (χ3n) is 8.01. The van der Waals surface area contributed by atoms with Crippen molar-refractivity contribution in [1.29, 1.82) is 0 Å². The van der Waals surface area contributed by atoms with Gasteiger partial charge in [0.1, 0.15) is 18.1 Å². The number of esters is 1. The number of methoxy groups -OCH3 is 1. The molecule has 11 heteroatoms. The van der Waals surface area contributed by atoms with Crippen LogP contribution in [-0.2, 0) is 23.9 Å². The van der Waals surface area contributed by atoms with Gasteiger partial charge in [-0.1, -0.05) is 62.4 Å². The molecule has 1 aromatic heterocycles. The SMILES string of the molecule is COC(=O)C1CCCN1C(=O)C(c1ccccc1)n1cnc(NC(=O)C(CC2CCCCC2)NC(=O)C(C)(C)N)c1. The van der Waals surface area contributed by atoms with Gasteiger partial charge in [0.05, 0.1) is 19.0 Å². The van der Waals surface area contributed by atoms with Crippen molar-refractivity contribution < 1.29 is 23.9 Å². The van der Waals surface area contributed by atoms with E-state index in [1.165, 1.54) is 19.9 Å². The van der Waals surface area contributed by atoms with Gasteiger partial charge in [-0.25, -0.2) is 9.78 Å². The van der Waals surface area contributed by atoms with E-state index < -0.39 is 35.5 Å². The highest BCUT2D eigenvalue weighted by Crippen LogP contribution is 2.29. The van der Waals surface area contributed by atoms with Crippen LogP contribution >= 0.6 is 0 Å². The summed E-state index contributed by atoms with van der Waals surface area (Å²) in [6, 6.07) is 7.02. The molecule has 1 saturated heterocycles. The van der Waals surface area contributed by atoms with Crippen LogP contribution in [0.4, 0.5) is 5.82 Å². The van der Waals surface area contributed by atoms with Crippen LogP contribution in [0.5, 0.6) is 0 Å². The van der Waals surface area contributed by atoms with E-state index in [2.05, 4.69) is 15.6 Å². The maximum absolute atomic E-state index is 13.9. The second kappa shape index (κ2) is 13.3. The van der Waals surface area contributed by atoms with E-state index in [0.717, 1.165) is 31.2 Å². The lowest BCUT2D eigenvalue weighted by Crippen LogP contribution is -2.55. The number of ether oxygens (including phenoxy) is 1. The van der Waals surface area contributed by atoms with Crippen LogP contribution in [-0.4, -0.2) is 69.4 Å². The van der Waals surface area contributed by atoms with Crippen LogP contribution in [0.15, 0.2) is 42.9 Å². The first-order valence-corrected chi connectivity index (χ1v) is 14.5. The quantitative estimate of drug-likeness (QED) is 0.375. The molecule has 4 rings (SSSR count). The standard InChI is InChI=1S/C30H42N6O5/c1-30(2,31)29(40)33-22(17-20-11-6-4-7-12-20)26(37)34-24-18-35(19-32-24)25(21-13-8-5-9-14-21)27(38)36-16-10-15-23(36)28(39)41-3/h5,8-9,13-14,18-20,22-23,25H,4,6-7,10-12,15-17,31H2,1-3H3,(H,33,40)(H,34,37). The van der Waals surface area contributed by atoms with Gasteiger partial charge in [0.15, 0.2) is 5.82 Å². The van der Waals surface area contributed by atoms with Crippen LogP contribution in [0.3, 0.4) is 0 Å². The number of anilines is 1. The van der Waals surface area contributed by atoms with Crippen molar-refractivity contribution in [2.24, 2.45) is 11.7 Å². The third kappa shape index (κ3) is 7.52. The molecule has 3 amide bonds. The van der Waals surface area contributed by atoms with Crippen LogP contribution in [0, 0.1) is 5.92 Å². The third-order valence-corrected chi connectivity index (χ3v) is 8.01. The Bertz CT molecular complexity index is 1220. The Balaban J connectivity index is 1.55. The number of imidazole rings is 1. The van der Waals surface area contributed by atoms with Crippen molar-refractivity contribution in [3.05, 3.63) is 48.4 Å². The molecule has 2 heterocycles. The van der Waals surface area contributed by atoms with Crippen molar-refractivity contribution in [1.82, 2.24) is 19.8 Å². The summed E-state index contributed by atoms with van der Waals surface area (Å²) in [6.07, 6.45) is 10.3. The van der Waals surface area contributed by atoms with Crippen molar-refractivity contribution in [2.45, 2.75) is 88.9 Å². The number of likely N-dealkylation sites (tertiary alicyclic amines) is 1. The number of hydrogen-bond donors (Lipinski definition) is 3. The number of benzene rings is 1. The molecule has 3 atom stereocenters. The fraction of sp³-hybridized carbons (Fsp3) is 0.567. The van der Waals surface area contributed by atoms with Crippen LogP contribution in [0.2, 0.25) is 0 Å². The number of aromatic nitrogens is 2. The minimum Gasteiger partial charge on any atom is -0.467 e. The largest absolute Gasteiger partial charge is 0.467 e. The molecule has 0 spiro atoms. The molecule has 0 radical (unpaired) electrons. The summed E-state index contributed by atoms with van der Waals surface area (Å²) >= 11 is 0. The lowest BCUT2D eigenvalue weighted by molar-refractivity contribution is -0.151. The van der Waals surface area contributed by atoms with Crippen molar-refractivity contribution in [2.75, 3.05) is 19.0 Å². The highest BCUT2D eigenvalue weighted by Gasteiger charge is 2.39. The first-order chi connectivity index (χ1) is 19.6. The molecule has 1 aliphatic heterocycles. The highest BCUT2D eigenvalue weighted by molar-refractivity contribution is 5.98. The van der Waals surface area contributed by atoms with Gasteiger partial charge in [-0.15, -0.1) is 0 Å². The number of carbonyl (C=O) groups is 4. The number of rotatable bonds is 10. The molecule has 0 bridgehead atoms. The van der Waals surface area contributed by atoms with Crippen molar-refractivity contribution in [3.63, 3.8) is 0 Å².